The van der Waals surface area contributed by atoms with Crippen LogP contribution in [0, 0.1) is 11.8 Å². The largest absolute Gasteiger partial charge is 0.212 e. The first kappa shape index (κ1) is 10.5. The Labute approximate surface area is 73.8 Å². The van der Waals surface area contributed by atoms with Gasteiger partial charge in [-0.3, -0.25) is 0 Å². The SMILES string of the molecule is CCC(CC)C(CC)[CH2][AlH2]. The zero-order valence-corrected chi connectivity index (χ0v) is 9.98. The van der Waals surface area contributed by atoms with Crippen LogP contribution >= 0.6 is 0 Å². The highest BCUT2D eigenvalue weighted by molar-refractivity contribution is 6.08. The molecule has 0 aromatic carbocycles. The second kappa shape index (κ2) is 6.26. The van der Waals surface area contributed by atoms with Crippen molar-refractivity contribution in [3.05, 3.63) is 0 Å². The van der Waals surface area contributed by atoms with E-state index in [4.69, 9.17) is 0 Å². The minimum absolute atomic E-state index is 1.02. The Bertz CT molecular complexity index is 53.1. The van der Waals surface area contributed by atoms with Crippen LogP contribution in [-0.2, 0) is 0 Å². The van der Waals surface area contributed by atoms with E-state index in [1.807, 2.05) is 0 Å². The van der Waals surface area contributed by atoms with Crippen LogP contribution in [0.3, 0.4) is 0 Å². The molecule has 0 spiro atoms. The van der Waals surface area contributed by atoms with Crippen LogP contribution in [0.15, 0.2) is 0 Å². The third-order valence-corrected chi connectivity index (χ3v) is 3.81. The van der Waals surface area contributed by atoms with Gasteiger partial charge in [-0.2, -0.15) is 0 Å². The first-order chi connectivity index (χ1) is 4.79. The summed E-state index contributed by atoms with van der Waals surface area (Å²) in [5, 5.41) is 1.50. The van der Waals surface area contributed by atoms with Crippen LogP contribution in [0.5, 0.6) is 0 Å². The topological polar surface area (TPSA) is 0 Å². The first-order valence-electron chi connectivity index (χ1n) is 4.79. The third kappa shape index (κ3) is 3.08. The van der Waals surface area contributed by atoms with Gasteiger partial charge in [0.2, 0.25) is 16.3 Å². The molecular weight excluding hydrogens is 135 g/mol. The smallest absolute Gasteiger partial charge is 0.0982 e. The normalized spacial score (nSPS) is 14.0. The van der Waals surface area contributed by atoms with Gasteiger partial charge in [-0.25, -0.2) is 0 Å². The lowest BCUT2D eigenvalue weighted by atomic mass is 9.87. The van der Waals surface area contributed by atoms with E-state index in [9.17, 15) is 0 Å². The molecule has 0 bridgehead atoms. The van der Waals surface area contributed by atoms with E-state index in [0.29, 0.717) is 0 Å². The van der Waals surface area contributed by atoms with E-state index in [1.165, 1.54) is 40.8 Å². The van der Waals surface area contributed by atoms with Gasteiger partial charge in [-0.15, -0.1) is 0 Å². The molecule has 60 valence electrons. The monoisotopic (exact) mass is 156 g/mol. The summed E-state index contributed by atoms with van der Waals surface area (Å²) in [7, 11) is 0. The molecule has 0 aromatic heterocycles. The van der Waals surface area contributed by atoms with Crippen molar-refractivity contribution in [3.63, 3.8) is 0 Å². The van der Waals surface area contributed by atoms with Gasteiger partial charge in [-0.05, 0) is 5.92 Å². The predicted octanol–water partition coefficient (Wildman–Crippen LogP) is 2.50. The zero-order chi connectivity index (χ0) is 7.98. The molecule has 0 rings (SSSR count). The van der Waals surface area contributed by atoms with Crippen molar-refractivity contribution in [2.75, 3.05) is 0 Å². The van der Waals surface area contributed by atoms with Crippen LogP contribution in [-0.4, -0.2) is 16.3 Å². The molecule has 0 aliphatic heterocycles. The lowest BCUT2D eigenvalue weighted by Gasteiger charge is -2.22. The molecule has 0 fully saturated rings. The van der Waals surface area contributed by atoms with Gasteiger partial charge >= 0.3 is 0 Å². The molecule has 10 heavy (non-hydrogen) atoms. The van der Waals surface area contributed by atoms with Crippen LogP contribution in [0.4, 0.5) is 0 Å². The fourth-order valence-electron chi connectivity index (χ4n) is 1.91. The van der Waals surface area contributed by atoms with E-state index in [1.54, 1.807) is 0 Å². The van der Waals surface area contributed by atoms with Crippen LogP contribution in [0.1, 0.15) is 40.0 Å². The second-order valence-corrected chi connectivity index (χ2v) is 3.97. The van der Waals surface area contributed by atoms with Crippen LogP contribution in [0.2, 0.25) is 5.28 Å². The van der Waals surface area contributed by atoms with Gasteiger partial charge < -0.3 is 0 Å². The van der Waals surface area contributed by atoms with Crippen molar-refractivity contribution < 1.29 is 0 Å². The number of rotatable bonds is 5. The third-order valence-electron chi connectivity index (χ3n) is 2.76. The van der Waals surface area contributed by atoms with Crippen molar-refractivity contribution in [3.8, 4) is 0 Å². The van der Waals surface area contributed by atoms with E-state index < -0.39 is 0 Å². The van der Waals surface area contributed by atoms with Gasteiger partial charge in [0, 0.05) is 0 Å². The Morgan fingerprint density at radius 3 is 1.40 bits per heavy atom. The van der Waals surface area contributed by atoms with Gasteiger partial charge in [0.25, 0.3) is 0 Å². The van der Waals surface area contributed by atoms with E-state index in [2.05, 4.69) is 20.8 Å². The Morgan fingerprint density at radius 1 is 0.900 bits per heavy atom. The second-order valence-electron chi connectivity index (χ2n) is 3.15. The van der Waals surface area contributed by atoms with Crippen molar-refractivity contribution >= 4 is 16.3 Å². The average molecular weight is 156 g/mol. The van der Waals surface area contributed by atoms with E-state index >= 15 is 0 Å². The molecule has 0 saturated carbocycles. The molecule has 0 radical (unpaired) electrons. The molecule has 0 nitrogen and oxygen atoms in total. The maximum atomic E-state index is 2.33. The summed E-state index contributed by atoms with van der Waals surface area (Å²) in [4.78, 5) is 0. The van der Waals surface area contributed by atoms with Crippen molar-refractivity contribution in [2.45, 2.75) is 45.3 Å². The lowest BCUT2D eigenvalue weighted by Crippen LogP contribution is -2.11. The van der Waals surface area contributed by atoms with Gasteiger partial charge in [0.1, 0.15) is 0 Å². The molecule has 0 amide bonds. The summed E-state index contributed by atoms with van der Waals surface area (Å²) in [5.41, 5.74) is 0. The Hall–Kier alpha value is 0.532. The predicted molar refractivity (Wildman–Crippen MR) is 51.2 cm³/mol. The van der Waals surface area contributed by atoms with E-state index in [0.717, 1.165) is 11.8 Å². The highest BCUT2D eigenvalue weighted by Crippen LogP contribution is 2.24. The standard InChI is InChI=1S/C9H19.Al.2H/c1-5-8(4)9(6-2)7-3;;;/h8-9H,4-7H2,1-3H3;;;. The Kier molecular flexibility index (Phi) is 6.59. The highest BCUT2D eigenvalue weighted by Gasteiger charge is 2.13. The average Bonchev–Trinajstić information content (AvgIpc) is 2.00. The molecule has 0 aliphatic carbocycles. The van der Waals surface area contributed by atoms with Gasteiger partial charge in [0.05, 0.1) is 0 Å². The highest BCUT2D eigenvalue weighted by atomic mass is 27.0. The van der Waals surface area contributed by atoms with Crippen molar-refractivity contribution in [2.24, 2.45) is 11.8 Å². The molecule has 0 aromatic rings. The Morgan fingerprint density at radius 2 is 1.30 bits per heavy atom. The molecule has 0 heterocycles. The van der Waals surface area contributed by atoms with Gasteiger partial charge in [0.15, 0.2) is 0 Å². The van der Waals surface area contributed by atoms with Crippen molar-refractivity contribution in [1.29, 1.82) is 0 Å². The molecule has 0 N–H and O–H groups in total. The molecule has 0 aliphatic rings. The summed E-state index contributed by atoms with van der Waals surface area (Å²) in [6.07, 6.45) is 4.17. The summed E-state index contributed by atoms with van der Waals surface area (Å²) in [6, 6.07) is 0. The van der Waals surface area contributed by atoms with Crippen LogP contribution in [0.25, 0.3) is 0 Å². The lowest BCUT2D eigenvalue weighted by molar-refractivity contribution is 0.329. The first-order valence-corrected chi connectivity index (χ1v) is 6.21. The maximum Gasteiger partial charge on any atom is 0.212 e. The summed E-state index contributed by atoms with van der Waals surface area (Å²) in [6.45, 7) is 6.99. The number of hydrogen-bond acceptors (Lipinski definition) is 0. The molecule has 1 unspecified atom stereocenters. The Balaban J connectivity index is 3.70. The zero-order valence-electron chi connectivity index (χ0n) is 7.98. The summed E-state index contributed by atoms with van der Waals surface area (Å²) in [5.74, 6) is 2.06. The molecule has 0 saturated heterocycles. The quantitative estimate of drug-likeness (QED) is 0.536. The minimum atomic E-state index is 1.02. The fourth-order valence-corrected chi connectivity index (χ4v) is 3.15. The number of hydrogen-bond donors (Lipinski definition) is 0. The minimum Gasteiger partial charge on any atom is -0.0982 e. The van der Waals surface area contributed by atoms with Crippen molar-refractivity contribution in [1.82, 2.24) is 0 Å². The van der Waals surface area contributed by atoms with E-state index in [-0.39, 0.29) is 0 Å². The van der Waals surface area contributed by atoms with Gasteiger partial charge in [-0.1, -0.05) is 51.2 Å². The summed E-state index contributed by atoms with van der Waals surface area (Å²) < 4.78 is 0. The molecule has 1 atom stereocenters. The van der Waals surface area contributed by atoms with Crippen LogP contribution < -0.4 is 0 Å². The molecular formula is C9H21Al. The summed E-state index contributed by atoms with van der Waals surface area (Å²) >= 11 is 1.39. The maximum absolute atomic E-state index is 2.33. The fraction of sp³-hybridized carbons (Fsp3) is 1.00. The molecule has 1 heteroatoms.